The highest BCUT2D eigenvalue weighted by Gasteiger charge is 2.16. The first-order valence-corrected chi connectivity index (χ1v) is 6.72. The van der Waals surface area contributed by atoms with Crippen molar-refractivity contribution in [3.05, 3.63) is 63.6 Å². The second kappa shape index (κ2) is 6.16. The molecule has 0 unspecified atom stereocenters. The molecule has 5 heteroatoms. The van der Waals surface area contributed by atoms with E-state index in [1.54, 1.807) is 19.2 Å². The molecule has 2 aromatic rings. The first kappa shape index (κ1) is 14.7. The highest BCUT2D eigenvalue weighted by atomic mass is 35.5. The van der Waals surface area contributed by atoms with Gasteiger partial charge in [-0.3, -0.25) is 4.79 Å². The van der Waals surface area contributed by atoms with Gasteiger partial charge in [-0.1, -0.05) is 41.4 Å². The number of carbonyl (C=O) groups excluding carboxylic acids is 1. The summed E-state index contributed by atoms with van der Waals surface area (Å²) in [4.78, 5) is 13.8. The van der Waals surface area contributed by atoms with Crippen molar-refractivity contribution in [1.29, 1.82) is 0 Å². The Morgan fingerprint density at radius 2 is 1.90 bits per heavy atom. The minimum atomic E-state index is -0.293. The van der Waals surface area contributed by atoms with Gasteiger partial charge >= 0.3 is 0 Å². The van der Waals surface area contributed by atoms with Gasteiger partial charge in [0.15, 0.2) is 0 Å². The van der Waals surface area contributed by atoms with Crippen LogP contribution >= 0.6 is 23.2 Å². The van der Waals surface area contributed by atoms with E-state index in [1.807, 2.05) is 18.2 Å². The Morgan fingerprint density at radius 3 is 2.55 bits per heavy atom. The maximum absolute atomic E-state index is 12.3. The average molecular weight is 310 g/mol. The molecule has 3 nitrogen and oxygen atoms in total. The molecule has 1 N–H and O–H groups in total. The first-order chi connectivity index (χ1) is 9.49. The maximum atomic E-state index is 12.3. The van der Waals surface area contributed by atoms with Gasteiger partial charge in [0.1, 0.15) is 5.75 Å². The van der Waals surface area contributed by atoms with Gasteiger partial charge in [0, 0.05) is 23.6 Å². The fourth-order valence-corrected chi connectivity index (χ4v) is 2.21. The summed E-state index contributed by atoms with van der Waals surface area (Å²) in [6.07, 6.45) is 0. The smallest absolute Gasteiger partial charge is 0.257 e. The molecule has 1 amide bonds. The predicted molar refractivity (Wildman–Crippen MR) is 80.4 cm³/mol. The second-order valence-electron chi connectivity index (χ2n) is 4.41. The molecule has 0 aliphatic carbocycles. The number of carbonyl (C=O) groups is 1. The Labute approximate surface area is 127 Å². The van der Waals surface area contributed by atoms with Crippen molar-refractivity contribution in [2.24, 2.45) is 0 Å². The van der Waals surface area contributed by atoms with Crippen LogP contribution < -0.4 is 0 Å². The van der Waals surface area contributed by atoms with E-state index in [2.05, 4.69) is 0 Å². The van der Waals surface area contributed by atoms with Crippen LogP contribution in [0.2, 0.25) is 10.0 Å². The number of nitrogens with zero attached hydrogens (tertiary/aromatic N) is 1. The lowest BCUT2D eigenvalue weighted by molar-refractivity contribution is 0.0782. The average Bonchev–Trinajstić information content (AvgIpc) is 2.40. The zero-order valence-electron chi connectivity index (χ0n) is 10.8. The number of phenols is 1. The zero-order valence-corrected chi connectivity index (χ0v) is 12.3. The third kappa shape index (κ3) is 3.24. The van der Waals surface area contributed by atoms with E-state index >= 15 is 0 Å². The Bertz CT molecular complexity index is 644. The van der Waals surface area contributed by atoms with Crippen LogP contribution in [-0.4, -0.2) is 23.0 Å². The van der Waals surface area contributed by atoms with Crippen molar-refractivity contribution < 1.29 is 9.90 Å². The number of amides is 1. The molecule has 2 aromatic carbocycles. The Morgan fingerprint density at radius 1 is 1.20 bits per heavy atom. The summed E-state index contributed by atoms with van der Waals surface area (Å²) in [5.41, 5.74) is 1.06. The number of halogens is 2. The molecule has 0 aromatic heterocycles. The summed E-state index contributed by atoms with van der Waals surface area (Å²) in [6.45, 7) is 0.362. The fourth-order valence-electron chi connectivity index (χ4n) is 1.85. The van der Waals surface area contributed by atoms with Crippen molar-refractivity contribution in [3.63, 3.8) is 0 Å². The molecule has 0 saturated heterocycles. The van der Waals surface area contributed by atoms with E-state index in [9.17, 15) is 9.90 Å². The lowest BCUT2D eigenvalue weighted by atomic mass is 10.1. The Balaban J connectivity index is 2.19. The van der Waals surface area contributed by atoms with Crippen LogP contribution in [0.5, 0.6) is 5.75 Å². The van der Waals surface area contributed by atoms with Crippen LogP contribution in [0.15, 0.2) is 42.5 Å². The lowest BCUT2D eigenvalue weighted by Crippen LogP contribution is -2.26. The van der Waals surface area contributed by atoms with Crippen LogP contribution in [0.25, 0.3) is 0 Å². The largest absolute Gasteiger partial charge is 0.507 e. The lowest BCUT2D eigenvalue weighted by Gasteiger charge is -2.18. The van der Waals surface area contributed by atoms with Crippen molar-refractivity contribution in [2.75, 3.05) is 7.05 Å². The number of rotatable bonds is 3. The van der Waals surface area contributed by atoms with Gasteiger partial charge in [0.2, 0.25) is 0 Å². The topological polar surface area (TPSA) is 40.5 Å². The third-order valence-corrected chi connectivity index (χ3v) is 3.51. The molecule has 0 fully saturated rings. The molecule has 0 saturated carbocycles. The molecule has 0 aliphatic rings. The van der Waals surface area contributed by atoms with Crippen molar-refractivity contribution >= 4 is 29.1 Å². The van der Waals surface area contributed by atoms with Crippen LogP contribution in [0, 0.1) is 0 Å². The number of aromatic hydroxyl groups is 1. The van der Waals surface area contributed by atoms with Gasteiger partial charge in [0.25, 0.3) is 5.91 Å². The minimum absolute atomic E-state index is 0.131. The predicted octanol–water partition coefficient (Wildman–Crippen LogP) is 3.97. The van der Waals surface area contributed by atoms with E-state index in [0.717, 1.165) is 5.56 Å². The van der Waals surface area contributed by atoms with Crippen LogP contribution in [0.1, 0.15) is 15.9 Å². The summed E-state index contributed by atoms with van der Waals surface area (Å²) >= 11 is 11.8. The van der Waals surface area contributed by atoms with E-state index in [1.165, 1.54) is 17.0 Å². The summed E-state index contributed by atoms with van der Waals surface area (Å²) in [6, 6.07) is 11.7. The fraction of sp³-hybridized carbons (Fsp3) is 0.133. The summed E-state index contributed by atoms with van der Waals surface area (Å²) in [5, 5.41) is 10.8. The molecular formula is C15H13Cl2NO2. The number of phenolic OH excluding ortho intramolecular Hbond substituents is 1. The Hall–Kier alpha value is -1.71. The second-order valence-corrected chi connectivity index (χ2v) is 5.26. The first-order valence-electron chi connectivity index (χ1n) is 5.96. The van der Waals surface area contributed by atoms with Crippen molar-refractivity contribution in [1.82, 2.24) is 4.90 Å². The molecule has 0 heterocycles. The monoisotopic (exact) mass is 309 g/mol. The van der Waals surface area contributed by atoms with E-state index < -0.39 is 0 Å². The van der Waals surface area contributed by atoms with Gasteiger partial charge in [-0.15, -0.1) is 0 Å². The maximum Gasteiger partial charge on any atom is 0.257 e. The molecule has 2 rings (SSSR count). The SMILES string of the molecule is CN(Cc1ccccc1Cl)C(=O)c1ccc(Cl)cc1O. The molecule has 20 heavy (non-hydrogen) atoms. The summed E-state index contributed by atoms with van der Waals surface area (Å²) in [7, 11) is 1.65. The van der Waals surface area contributed by atoms with Gasteiger partial charge in [-0.25, -0.2) is 0 Å². The number of hydrogen-bond acceptors (Lipinski definition) is 2. The van der Waals surface area contributed by atoms with E-state index in [4.69, 9.17) is 23.2 Å². The quantitative estimate of drug-likeness (QED) is 0.932. The van der Waals surface area contributed by atoms with Crippen molar-refractivity contribution in [3.8, 4) is 5.75 Å². The number of benzene rings is 2. The third-order valence-electron chi connectivity index (χ3n) is 2.90. The molecular weight excluding hydrogens is 297 g/mol. The highest BCUT2D eigenvalue weighted by molar-refractivity contribution is 6.31. The zero-order chi connectivity index (χ0) is 14.7. The molecule has 0 radical (unpaired) electrons. The van der Waals surface area contributed by atoms with Gasteiger partial charge < -0.3 is 10.0 Å². The molecule has 0 spiro atoms. The van der Waals surface area contributed by atoms with Gasteiger partial charge in [-0.2, -0.15) is 0 Å². The summed E-state index contributed by atoms with van der Waals surface area (Å²) in [5.74, 6) is -0.424. The van der Waals surface area contributed by atoms with E-state index in [-0.39, 0.29) is 17.2 Å². The van der Waals surface area contributed by atoms with E-state index in [0.29, 0.717) is 16.6 Å². The van der Waals surface area contributed by atoms with Crippen LogP contribution in [0.4, 0.5) is 0 Å². The molecule has 0 bridgehead atoms. The minimum Gasteiger partial charge on any atom is -0.507 e. The Kier molecular flexibility index (Phi) is 4.53. The highest BCUT2D eigenvalue weighted by Crippen LogP contribution is 2.24. The van der Waals surface area contributed by atoms with Gasteiger partial charge in [-0.05, 0) is 29.8 Å². The normalized spacial score (nSPS) is 10.3. The standard InChI is InChI=1S/C15H13Cl2NO2/c1-18(9-10-4-2-3-5-13(10)17)15(20)12-7-6-11(16)8-14(12)19/h2-8,19H,9H2,1H3. The molecule has 104 valence electrons. The van der Waals surface area contributed by atoms with Crippen LogP contribution in [-0.2, 0) is 6.54 Å². The summed E-state index contributed by atoms with van der Waals surface area (Å²) < 4.78 is 0. The molecule has 0 aliphatic heterocycles. The van der Waals surface area contributed by atoms with Gasteiger partial charge in [0.05, 0.1) is 5.56 Å². The number of hydrogen-bond donors (Lipinski definition) is 1. The van der Waals surface area contributed by atoms with Crippen molar-refractivity contribution in [2.45, 2.75) is 6.54 Å². The molecule has 0 atom stereocenters. The van der Waals surface area contributed by atoms with Crippen LogP contribution in [0.3, 0.4) is 0 Å².